The standard InChI is InChI=1S/C12H19NO5S/c1-5-8(3)13(6-2)19(16,17)11-7-10(12(14)15)18-9(11)4/h7-8H,5-6H2,1-4H3,(H,14,15). The van der Waals surface area contributed by atoms with E-state index in [0.717, 1.165) is 6.07 Å². The lowest BCUT2D eigenvalue weighted by atomic mass is 10.3. The monoisotopic (exact) mass is 289 g/mol. The van der Waals surface area contributed by atoms with Crippen molar-refractivity contribution >= 4 is 16.0 Å². The number of aryl methyl sites for hydroxylation is 1. The fourth-order valence-electron chi connectivity index (χ4n) is 1.88. The summed E-state index contributed by atoms with van der Waals surface area (Å²) in [5.41, 5.74) is 0. The molecule has 1 N–H and O–H groups in total. The number of carbonyl (C=O) groups is 1. The maximum atomic E-state index is 12.5. The molecule has 1 rings (SSSR count). The lowest BCUT2D eigenvalue weighted by molar-refractivity contribution is 0.0661. The average Bonchev–Trinajstić information content (AvgIpc) is 2.72. The number of sulfonamides is 1. The maximum Gasteiger partial charge on any atom is 0.371 e. The molecule has 1 atom stereocenters. The van der Waals surface area contributed by atoms with Gasteiger partial charge in [-0.25, -0.2) is 13.2 Å². The number of rotatable bonds is 6. The molecule has 0 aliphatic rings. The highest BCUT2D eigenvalue weighted by Crippen LogP contribution is 2.25. The number of carboxylic acid groups (broad SMARTS) is 1. The highest BCUT2D eigenvalue weighted by atomic mass is 32.2. The van der Waals surface area contributed by atoms with E-state index in [0.29, 0.717) is 13.0 Å². The van der Waals surface area contributed by atoms with Crippen molar-refractivity contribution < 1.29 is 22.7 Å². The minimum atomic E-state index is -3.73. The zero-order valence-electron chi connectivity index (χ0n) is 11.5. The van der Waals surface area contributed by atoms with Gasteiger partial charge in [-0.3, -0.25) is 0 Å². The van der Waals surface area contributed by atoms with E-state index in [-0.39, 0.29) is 22.5 Å². The van der Waals surface area contributed by atoms with Gasteiger partial charge < -0.3 is 9.52 Å². The predicted molar refractivity (Wildman–Crippen MR) is 69.7 cm³/mol. The second-order valence-corrected chi connectivity index (χ2v) is 6.16. The van der Waals surface area contributed by atoms with Gasteiger partial charge >= 0.3 is 5.97 Å². The Morgan fingerprint density at radius 1 is 1.47 bits per heavy atom. The van der Waals surface area contributed by atoms with Gasteiger partial charge in [0.2, 0.25) is 15.8 Å². The lowest BCUT2D eigenvalue weighted by Crippen LogP contribution is -2.38. The van der Waals surface area contributed by atoms with Crippen LogP contribution in [0.5, 0.6) is 0 Å². The molecule has 7 heteroatoms. The van der Waals surface area contributed by atoms with Crippen molar-refractivity contribution in [2.75, 3.05) is 6.54 Å². The van der Waals surface area contributed by atoms with E-state index in [9.17, 15) is 13.2 Å². The highest BCUT2D eigenvalue weighted by molar-refractivity contribution is 7.89. The zero-order valence-corrected chi connectivity index (χ0v) is 12.3. The first kappa shape index (κ1) is 15.7. The van der Waals surface area contributed by atoms with Crippen molar-refractivity contribution in [3.05, 3.63) is 17.6 Å². The third-order valence-corrected chi connectivity index (χ3v) is 5.26. The Kier molecular flexibility index (Phi) is 4.75. The van der Waals surface area contributed by atoms with Gasteiger partial charge in [-0.1, -0.05) is 13.8 Å². The third kappa shape index (κ3) is 2.98. The molecule has 0 aromatic carbocycles. The van der Waals surface area contributed by atoms with E-state index >= 15 is 0 Å². The smallest absolute Gasteiger partial charge is 0.371 e. The first-order valence-electron chi connectivity index (χ1n) is 6.11. The van der Waals surface area contributed by atoms with Crippen LogP contribution in [0.4, 0.5) is 0 Å². The lowest BCUT2D eigenvalue weighted by Gasteiger charge is -2.25. The van der Waals surface area contributed by atoms with Crippen molar-refractivity contribution in [2.45, 2.75) is 45.1 Å². The molecule has 0 radical (unpaired) electrons. The molecule has 0 spiro atoms. The summed E-state index contributed by atoms with van der Waals surface area (Å²) in [5.74, 6) is -1.55. The topological polar surface area (TPSA) is 87.8 Å². The number of nitrogens with zero attached hydrogens (tertiary/aromatic N) is 1. The van der Waals surface area contributed by atoms with E-state index < -0.39 is 16.0 Å². The molecule has 1 unspecified atom stereocenters. The van der Waals surface area contributed by atoms with Crippen molar-refractivity contribution in [1.29, 1.82) is 0 Å². The van der Waals surface area contributed by atoms with Crippen LogP contribution in [0.1, 0.15) is 43.5 Å². The Bertz CT molecular complexity index is 561. The van der Waals surface area contributed by atoms with Gasteiger partial charge in [0, 0.05) is 18.7 Å². The molecule has 6 nitrogen and oxygen atoms in total. The van der Waals surface area contributed by atoms with Gasteiger partial charge in [0.1, 0.15) is 10.7 Å². The van der Waals surface area contributed by atoms with Crippen molar-refractivity contribution in [3.8, 4) is 0 Å². The minimum absolute atomic E-state index is 0.0768. The Morgan fingerprint density at radius 3 is 2.42 bits per heavy atom. The average molecular weight is 289 g/mol. The summed E-state index contributed by atoms with van der Waals surface area (Å²) >= 11 is 0. The SMILES string of the molecule is CCC(C)N(CC)S(=O)(=O)c1cc(C(=O)O)oc1C. The second-order valence-electron chi connectivity index (χ2n) is 4.30. The normalized spacial score (nSPS) is 13.7. The molecule has 0 fully saturated rings. The number of hydrogen-bond donors (Lipinski definition) is 1. The van der Waals surface area contributed by atoms with E-state index in [2.05, 4.69) is 0 Å². The summed E-state index contributed by atoms with van der Waals surface area (Å²) in [5, 5.41) is 8.84. The van der Waals surface area contributed by atoms with Gasteiger partial charge in [0.15, 0.2) is 0 Å². The number of furan rings is 1. The molecule has 1 heterocycles. The van der Waals surface area contributed by atoms with Crippen LogP contribution in [0.15, 0.2) is 15.4 Å². The summed E-state index contributed by atoms with van der Waals surface area (Å²) in [6, 6.07) is 0.912. The Balaban J connectivity index is 3.30. The zero-order chi connectivity index (χ0) is 14.8. The van der Waals surface area contributed by atoms with Crippen LogP contribution < -0.4 is 0 Å². The van der Waals surface area contributed by atoms with Crippen molar-refractivity contribution in [2.24, 2.45) is 0 Å². The molecule has 0 amide bonds. The molecular weight excluding hydrogens is 270 g/mol. The van der Waals surface area contributed by atoms with Crippen LogP contribution in [0.2, 0.25) is 0 Å². The number of hydrogen-bond acceptors (Lipinski definition) is 4. The van der Waals surface area contributed by atoms with Crippen LogP contribution in [-0.2, 0) is 10.0 Å². The summed E-state index contributed by atoms with van der Waals surface area (Å²) in [4.78, 5) is 10.7. The first-order valence-corrected chi connectivity index (χ1v) is 7.55. The van der Waals surface area contributed by atoms with Gasteiger partial charge in [-0.2, -0.15) is 4.31 Å². The van der Waals surface area contributed by atoms with Crippen LogP contribution in [0.25, 0.3) is 0 Å². The molecular formula is C12H19NO5S. The Labute approximate surface area is 113 Å². The summed E-state index contributed by atoms with van der Waals surface area (Å²) in [6.07, 6.45) is 0.676. The molecule has 108 valence electrons. The Hall–Kier alpha value is -1.34. The molecule has 1 aromatic rings. The van der Waals surface area contributed by atoms with Gasteiger partial charge in [-0.05, 0) is 20.3 Å². The fourth-order valence-corrected chi connectivity index (χ4v) is 3.75. The summed E-state index contributed by atoms with van der Waals surface area (Å²) < 4.78 is 31.3. The molecule has 0 bridgehead atoms. The molecule has 0 aliphatic carbocycles. The number of aromatic carboxylic acids is 1. The van der Waals surface area contributed by atoms with Crippen LogP contribution >= 0.6 is 0 Å². The van der Waals surface area contributed by atoms with Gasteiger partial charge in [0.25, 0.3) is 0 Å². The van der Waals surface area contributed by atoms with Crippen LogP contribution in [-0.4, -0.2) is 36.4 Å². The molecule has 1 aromatic heterocycles. The summed E-state index contributed by atoms with van der Waals surface area (Å²) in [7, 11) is -3.73. The van der Waals surface area contributed by atoms with Crippen LogP contribution in [0.3, 0.4) is 0 Å². The fraction of sp³-hybridized carbons (Fsp3) is 0.583. The van der Waals surface area contributed by atoms with Gasteiger partial charge in [0.05, 0.1) is 0 Å². The Morgan fingerprint density at radius 2 is 2.05 bits per heavy atom. The quantitative estimate of drug-likeness (QED) is 0.866. The molecule has 0 aliphatic heterocycles. The van der Waals surface area contributed by atoms with Crippen molar-refractivity contribution in [1.82, 2.24) is 4.31 Å². The van der Waals surface area contributed by atoms with Crippen molar-refractivity contribution in [3.63, 3.8) is 0 Å². The van der Waals surface area contributed by atoms with E-state index in [1.807, 2.05) is 13.8 Å². The van der Waals surface area contributed by atoms with Crippen LogP contribution in [0, 0.1) is 6.92 Å². The molecule has 19 heavy (non-hydrogen) atoms. The summed E-state index contributed by atoms with van der Waals surface area (Å²) in [6.45, 7) is 7.23. The van der Waals surface area contributed by atoms with E-state index in [1.54, 1.807) is 6.92 Å². The maximum absolute atomic E-state index is 12.5. The third-order valence-electron chi connectivity index (χ3n) is 3.06. The largest absolute Gasteiger partial charge is 0.475 e. The predicted octanol–water partition coefficient (Wildman–Crippen LogP) is 2.10. The molecule has 0 saturated heterocycles. The molecule has 0 saturated carbocycles. The first-order chi connectivity index (χ1) is 8.75. The van der Waals surface area contributed by atoms with E-state index in [4.69, 9.17) is 9.52 Å². The number of carboxylic acids is 1. The van der Waals surface area contributed by atoms with Gasteiger partial charge in [-0.15, -0.1) is 0 Å². The highest BCUT2D eigenvalue weighted by Gasteiger charge is 2.31. The minimum Gasteiger partial charge on any atom is -0.475 e. The second kappa shape index (κ2) is 5.75. The van der Waals surface area contributed by atoms with E-state index in [1.165, 1.54) is 11.2 Å².